The third kappa shape index (κ3) is 4.59. The van der Waals surface area contributed by atoms with Crippen LogP contribution in [0.15, 0.2) is 90.3 Å². The van der Waals surface area contributed by atoms with Crippen LogP contribution in [0.5, 0.6) is 5.75 Å². The lowest BCUT2D eigenvalue weighted by Crippen LogP contribution is -2.28. The van der Waals surface area contributed by atoms with Crippen molar-refractivity contribution in [3.8, 4) is 16.9 Å². The van der Waals surface area contributed by atoms with Crippen LogP contribution in [-0.2, 0) is 10.0 Å². The summed E-state index contributed by atoms with van der Waals surface area (Å²) in [5, 5.41) is 2.00. The van der Waals surface area contributed by atoms with E-state index in [2.05, 4.69) is 15.0 Å². The molecule has 37 heavy (non-hydrogen) atoms. The largest absolute Gasteiger partial charge is 0.495 e. The number of halogens is 2. The second-order valence-corrected chi connectivity index (χ2v) is 10.4. The zero-order valence-electron chi connectivity index (χ0n) is 19.8. The van der Waals surface area contributed by atoms with Crippen LogP contribution in [0, 0.1) is 12.7 Å². The van der Waals surface area contributed by atoms with E-state index in [-0.39, 0.29) is 27.8 Å². The monoisotopic (exact) mass is 534 g/mol. The summed E-state index contributed by atoms with van der Waals surface area (Å²) in [6.45, 7) is 1.82. The Balaban J connectivity index is 1.72. The fourth-order valence-corrected chi connectivity index (χ4v) is 5.52. The number of pyridine rings is 1. The molecule has 3 aromatic carbocycles. The average Bonchev–Trinajstić information content (AvgIpc) is 2.91. The zero-order valence-corrected chi connectivity index (χ0v) is 21.3. The van der Waals surface area contributed by atoms with E-state index in [9.17, 15) is 8.42 Å². The van der Waals surface area contributed by atoms with Crippen LogP contribution in [0.1, 0.15) is 5.56 Å². The van der Waals surface area contributed by atoms with Gasteiger partial charge in [-0.3, -0.25) is 4.98 Å². The molecule has 0 saturated carbocycles. The van der Waals surface area contributed by atoms with Crippen molar-refractivity contribution in [2.45, 2.75) is 11.8 Å². The summed E-state index contributed by atoms with van der Waals surface area (Å²) in [5.41, 5.74) is 1.49. The van der Waals surface area contributed by atoms with Crippen molar-refractivity contribution >= 4 is 44.0 Å². The van der Waals surface area contributed by atoms with Gasteiger partial charge < -0.3 is 4.74 Å². The SMILES string of the molecule is COc1cc(-c2ccc(Cl)c(C)c2)c(F)cc1N(c1ncccn1)S(=O)(=O)c1ccc2cnccc2c1. The minimum Gasteiger partial charge on any atom is -0.495 e. The number of aryl methyl sites for hydroxylation is 1. The molecule has 5 rings (SSSR count). The van der Waals surface area contributed by atoms with Gasteiger partial charge in [-0.05, 0) is 65.9 Å². The maximum atomic E-state index is 15.6. The van der Waals surface area contributed by atoms with Gasteiger partial charge in [-0.1, -0.05) is 23.7 Å². The molecule has 0 amide bonds. The van der Waals surface area contributed by atoms with Gasteiger partial charge in [0.05, 0.1) is 12.0 Å². The number of fused-ring (bicyclic) bond motifs is 1. The first-order chi connectivity index (χ1) is 17.8. The number of hydrogen-bond donors (Lipinski definition) is 0. The molecule has 0 saturated heterocycles. The van der Waals surface area contributed by atoms with Gasteiger partial charge >= 0.3 is 0 Å². The fraction of sp³-hybridized carbons (Fsp3) is 0.0741. The Kier molecular flexibility index (Phi) is 6.49. The lowest BCUT2D eigenvalue weighted by Gasteiger charge is -2.25. The molecule has 186 valence electrons. The summed E-state index contributed by atoms with van der Waals surface area (Å²) in [6.07, 6.45) is 6.03. The Labute approximate surface area is 218 Å². The number of benzene rings is 3. The summed E-state index contributed by atoms with van der Waals surface area (Å²) in [6, 6.07) is 15.6. The third-order valence-electron chi connectivity index (χ3n) is 5.84. The maximum absolute atomic E-state index is 15.6. The molecular weight excluding hydrogens is 515 g/mol. The van der Waals surface area contributed by atoms with E-state index >= 15 is 4.39 Å². The van der Waals surface area contributed by atoms with Crippen molar-refractivity contribution in [3.63, 3.8) is 0 Å². The first kappa shape index (κ1) is 24.6. The van der Waals surface area contributed by atoms with Gasteiger partial charge in [-0.25, -0.2) is 22.8 Å². The van der Waals surface area contributed by atoms with Crippen molar-refractivity contribution in [2.24, 2.45) is 0 Å². The van der Waals surface area contributed by atoms with E-state index in [0.29, 0.717) is 16.0 Å². The van der Waals surface area contributed by atoms with E-state index in [1.165, 1.54) is 37.7 Å². The number of sulfonamides is 1. The maximum Gasteiger partial charge on any atom is 0.271 e. The van der Waals surface area contributed by atoms with Crippen molar-refractivity contribution in [1.82, 2.24) is 15.0 Å². The molecule has 0 unspecified atom stereocenters. The number of hydrogen-bond acceptors (Lipinski definition) is 6. The van der Waals surface area contributed by atoms with Gasteiger partial charge in [0.1, 0.15) is 17.3 Å². The van der Waals surface area contributed by atoms with Crippen LogP contribution in [-0.4, -0.2) is 30.5 Å². The molecule has 0 atom stereocenters. The fourth-order valence-electron chi connectivity index (χ4n) is 3.97. The molecule has 10 heteroatoms. The number of nitrogens with zero attached hydrogens (tertiary/aromatic N) is 4. The normalized spacial score (nSPS) is 11.5. The summed E-state index contributed by atoms with van der Waals surface area (Å²) in [4.78, 5) is 12.3. The predicted octanol–water partition coefficient (Wildman–Crippen LogP) is 6.33. The van der Waals surface area contributed by atoms with E-state index < -0.39 is 15.8 Å². The zero-order chi connectivity index (χ0) is 26.2. The third-order valence-corrected chi connectivity index (χ3v) is 7.95. The molecule has 2 aromatic heterocycles. The summed E-state index contributed by atoms with van der Waals surface area (Å²) in [5.74, 6) is -0.701. The topological polar surface area (TPSA) is 85.3 Å². The highest BCUT2D eigenvalue weighted by molar-refractivity contribution is 7.93. The number of aromatic nitrogens is 3. The summed E-state index contributed by atoms with van der Waals surface area (Å²) >= 11 is 6.14. The predicted molar refractivity (Wildman–Crippen MR) is 141 cm³/mol. The van der Waals surface area contributed by atoms with Gasteiger partial charge in [0.25, 0.3) is 10.0 Å². The van der Waals surface area contributed by atoms with Crippen LogP contribution >= 0.6 is 11.6 Å². The van der Waals surface area contributed by atoms with Gasteiger partial charge in [0.15, 0.2) is 0 Å². The molecule has 7 nitrogen and oxygen atoms in total. The number of ether oxygens (including phenoxy) is 1. The van der Waals surface area contributed by atoms with Gasteiger partial charge in [0, 0.05) is 46.8 Å². The summed E-state index contributed by atoms with van der Waals surface area (Å²) in [7, 11) is -2.93. The lowest BCUT2D eigenvalue weighted by molar-refractivity contribution is 0.415. The van der Waals surface area contributed by atoms with Gasteiger partial charge in [-0.2, -0.15) is 4.31 Å². The average molecular weight is 535 g/mol. The van der Waals surface area contributed by atoms with Crippen LogP contribution < -0.4 is 9.04 Å². The van der Waals surface area contributed by atoms with E-state index in [1.54, 1.807) is 48.8 Å². The molecule has 5 aromatic rings. The van der Waals surface area contributed by atoms with Crippen molar-refractivity contribution in [3.05, 3.63) is 102 Å². The Morgan fingerprint density at radius 2 is 1.73 bits per heavy atom. The highest BCUT2D eigenvalue weighted by atomic mass is 35.5. The smallest absolute Gasteiger partial charge is 0.271 e. The van der Waals surface area contributed by atoms with E-state index in [1.807, 2.05) is 6.92 Å². The second-order valence-electron chi connectivity index (χ2n) is 8.17. The summed E-state index contributed by atoms with van der Waals surface area (Å²) < 4.78 is 50.1. The van der Waals surface area contributed by atoms with Crippen LogP contribution in [0.25, 0.3) is 21.9 Å². The molecular formula is C27H20ClFN4O3S. The van der Waals surface area contributed by atoms with Crippen LogP contribution in [0.2, 0.25) is 5.02 Å². The highest BCUT2D eigenvalue weighted by Gasteiger charge is 2.32. The van der Waals surface area contributed by atoms with Gasteiger partial charge in [-0.15, -0.1) is 0 Å². The molecule has 0 radical (unpaired) electrons. The molecule has 0 spiro atoms. The minimum atomic E-state index is -4.31. The second kappa shape index (κ2) is 9.76. The lowest BCUT2D eigenvalue weighted by atomic mass is 10.0. The first-order valence-corrected chi connectivity index (χ1v) is 12.9. The Morgan fingerprint density at radius 1 is 0.946 bits per heavy atom. The molecule has 0 N–H and O–H groups in total. The number of anilines is 2. The van der Waals surface area contributed by atoms with Crippen molar-refractivity contribution in [1.29, 1.82) is 0 Å². The molecule has 0 aliphatic heterocycles. The van der Waals surface area contributed by atoms with Crippen LogP contribution in [0.4, 0.5) is 16.0 Å². The quantitative estimate of drug-likeness (QED) is 0.253. The van der Waals surface area contributed by atoms with Gasteiger partial charge in [0.2, 0.25) is 5.95 Å². The molecule has 0 fully saturated rings. The van der Waals surface area contributed by atoms with E-state index in [4.69, 9.17) is 16.3 Å². The number of rotatable bonds is 6. The minimum absolute atomic E-state index is 0.0292. The molecule has 2 heterocycles. The first-order valence-electron chi connectivity index (χ1n) is 11.1. The Hall–Kier alpha value is -4.08. The van der Waals surface area contributed by atoms with E-state index in [0.717, 1.165) is 21.3 Å². The Bertz CT molecular complexity index is 1730. The standard InChI is InChI=1S/C27H20ClFN4O3S/c1-17-12-19(5-7-23(17)28)22-14-26(36-2)25(15-24(22)29)33(27-31-9-3-10-32-27)37(34,35)21-6-4-20-16-30-11-8-18(20)13-21/h3-16H,1-2H3. The highest BCUT2D eigenvalue weighted by Crippen LogP contribution is 2.41. The van der Waals surface area contributed by atoms with Crippen molar-refractivity contribution < 1.29 is 17.5 Å². The molecule has 0 aliphatic rings. The molecule has 0 aliphatic carbocycles. The van der Waals surface area contributed by atoms with Crippen molar-refractivity contribution in [2.75, 3.05) is 11.4 Å². The van der Waals surface area contributed by atoms with Crippen LogP contribution in [0.3, 0.4) is 0 Å². The Morgan fingerprint density at radius 3 is 2.46 bits per heavy atom. The number of methoxy groups -OCH3 is 1. The molecule has 0 bridgehead atoms.